The van der Waals surface area contributed by atoms with Crippen LogP contribution >= 0.6 is 35.4 Å². The van der Waals surface area contributed by atoms with E-state index in [2.05, 4.69) is 5.32 Å². The Labute approximate surface area is 157 Å². The second-order valence-corrected chi connectivity index (χ2v) is 8.24. The van der Waals surface area contributed by atoms with Crippen molar-refractivity contribution in [2.45, 2.75) is 4.90 Å². The first-order chi connectivity index (χ1) is 11.4. The Kier molecular flexibility index (Phi) is 7.09. The highest BCUT2D eigenvalue weighted by Gasteiger charge is 2.32. The van der Waals surface area contributed by atoms with Gasteiger partial charge in [-0.2, -0.15) is 4.31 Å². The van der Waals surface area contributed by atoms with Crippen LogP contribution in [-0.2, 0) is 14.8 Å². The first-order valence-electron chi connectivity index (χ1n) is 7.34. The minimum Gasteiger partial charge on any atom is -0.383 e. The van der Waals surface area contributed by atoms with E-state index >= 15 is 0 Å². The molecule has 0 aliphatic carbocycles. The summed E-state index contributed by atoms with van der Waals surface area (Å²) in [6.07, 6.45) is 0. The van der Waals surface area contributed by atoms with E-state index in [9.17, 15) is 8.42 Å². The fourth-order valence-electron chi connectivity index (χ4n) is 2.36. The average Bonchev–Trinajstić information content (AvgIpc) is 2.54. The number of thiocarbonyl (C=S) groups is 1. The average molecular weight is 412 g/mol. The van der Waals surface area contributed by atoms with Gasteiger partial charge in [-0.25, -0.2) is 8.42 Å². The largest absolute Gasteiger partial charge is 0.383 e. The van der Waals surface area contributed by atoms with Crippen molar-refractivity contribution in [2.24, 2.45) is 0 Å². The number of hydrogen-bond donors (Lipinski definition) is 1. The van der Waals surface area contributed by atoms with Crippen LogP contribution in [0.3, 0.4) is 0 Å². The van der Waals surface area contributed by atoms with Gasteiger partial charge in [0, 0.05) is 39.8 Å². The Bertz CT molecular complexity index is 672. The molecule has 1 aromatic carbocycles. The van der Waals surface area contributed by atoms with Crippen molar-refractivity contribution < 1.29 is 13.2 Å². The highest BCUT2D eigenvalue weighted by molar-refractivity contribution is 7.89. The third-order valence-corrected chi connectivity index (χ3v) is 6.88. The summed E-state index contributed by atoms with van der Waals surface area (Å²) in [6, 6.07) is 4.66. The third-order valence-electron chi connectivity index (χ3n) is 3.63. The van der Waals surface area contributed by atoms with E-state index < -0.39 is 10.0 Å². The van der Waals surface area contributed by atoms with Gasteiger partial charge in [0.15, 0.2) is 5.11 Å². The summed E-state index contributed by atoms with van der Waals surface area (Å²) < 4.78 is 31.9. The van der Waals surface area contributed by atoms with E-state index in [0.717, 1.165) is 0 Å². The Morgan fingerprint density at radius 2 is 1.83 bits per heavy atom. The van der Waals surface area contributed by atoms with Gasteiger partial charge < -0.3 is 15.0 Å². The summed E-state index contributed by atoms with van der Waals surface area (Å²) in [5, 5.41) is 3.93. The second kappa shape index (κ2) is 8.64. The van der Waals surface area contributed by atoms with Crippen molar-refractivity contribution in [3.8, 4) is 0 Å². The van der Waals surface area contributed by atoms with E-state index in [0.29, 0.717) is 44.4 Å². The molecular weight excluding hydrogens is 393 g/mol. The molecule has 0 spiro atoms. The Morgan fingerprint density at radius 1 is 1.25 bits per heavy atom. The first kappa shape index (κ1) is 19.7. The zero-order chi connectivity index (χ0) is 17.7. The molecule has 0 bridgehead atoms. The molecule has 1 N–H and O–H groups in total. The Hall–Kier alpha value is -0.640. The zero-order valence-electron chi connectivity index (χ0n) is 13.2. The molecule has 0 aromatic heterocycles. The fraction of sp³-hybridized carbons (Fsp3) is 0.500. The number of nitrogens with one attached hydrogen (secondary N) is 1. The number of ether oxygens (including phenoxy) is 1. The van der Waals surface area contributed by atoms with E-state index in [-0.39, 0.29) is 14.9 Å². The number of methoxy groups -OCH3 is 1. The third kappa shape index (κ3) is 4.50. The molecule has 0 unspecified atom stereocenters. The highest BCUT2D eigenvalue weighted by atomic mass is 35.5. The predicted octanol–water partition coefficient (Wildman–Crippen LogP) is 1.82. The predicted molar refractivity (Wildman–Crippen MR) is 99.3 cm³/mol. The van der Waals surface area contributed by atoms with E-state index in [4.69, 9.17) is 40.2 Å². The van der Waals surface area contributed by atoms with Crippen molar-refractivity contribution in [3.05, 3.63) is 28.2 Å². The summed E-state index contributed by atoms with van der Waals surface area (Å²) >= 11 is 17.4. The molecular formula is C14H19Cl2N3O3S2. The molecule has 0 radical (unpaired) electrons. The lowest BCUT2D eigenvalue weighted by atomic mass is 10.4. The molecule has 24 heavy (non-hydrogen) atoms. The van der Waals surface area contributed by atoms with Gasteiger partial charge in [-0.3, -0.25) is 0 Å². The standard InChI is InChI=1S/C14H19Cl2N3O3S2/c1-22-10-5-17-14(23)18-6-8-19(9-7-18)24(20,21)13-11(15)3-2-4-12(13)16/h2-4H,5-10H2,1H3,(H,17,23). The Balaban J connectivity index is 2.02. The van der Waals surface area contributed by atoms with Crippen LogP contribution in [0.15, 0.2) is 23.1 Å². The van der Waals surface area contributed by atoms with Gasteiger partial charge in [-0.1, -0.05) is 29.3 Å². The normalized spacial score (nSPS) is 16.2. The molecule has 0 atom stereocenters. The maximum absolute atomic E-state index is 12.8. The van der Waals surface area contributed by atoms with Crippen molar-refractivity contribution in [2.75, 3.05) is 46.4 Å². The van der Waals surface area contributed by atoms with Crippen molar-refractivity contribution in [1.29, 1.82) is 0 Å². The summed E-state index contributed by atoms with van der Waals surface area (Å²) in [7, 11) is -2.12. The fourth-order valence-corrected chi connectivity index (χ4v) is 5.16. The van der Waals surface area contributed by atoms with Gasteiger partial charge in [0.2, 0.25) is 10.0 Å². The molecule has 1 heterocycles. The summed E-state index contributed by atoms with van der Waals surface area (Å²) in [5.41, 5.74) is 0. The Morgan fingerprint density at radius 3 is 2.38 bits per heavy atom. The molecule has 1 saturated heterocycles. The molecule has 134 valence electrons. The van der Waals surface area contributed by atoms with Crippen LogP contribution in [0.25, 0.3) is 0 Å². The molecule has 1 aliphatic rings. The van der Waals surface area contributed by atoms with Crippen LogP contribution < -0.4 is 5.32 Å². The molecule has 10 heteroatoms. The molecule has 6 nitrogen and oxygen atoms in total. The van der Waals surface area contributed by atoms with Gasteiger partial charge in [0.1, 0.15) is 4.90 Å². The minimum atomic E-state index is -3.73. The van der Waals surface area contributed by atoms with Crippen molar-refractivity contribution >= 4 is 50.6 Å². The first-order valence-corrected chi connectivity index (χ1v) is 9.94. The van der Waals surface area contributed by atoms with E-state index in [1.165, 1.54) is 16.4 Å². The van der Waals surface area contributed by atoms with Crippen LogP contribution in [0.2, 0.25) is 10.0 Å². The van der Waals surface area contributed by atoms with Crippen molar-refractivity contribution in [3.63, 3.8) is 0 Å². The number of sulfonamides is 1. The summed E-state index contributed by atoms with van der Waals surface area (Å²) in [5.74, 6) is 0. The lowest BCUT2D eigenvalue weighted by molar-refractivity contribution is 0.201. The SMILES string of the molecule is COCCNC(=S)N1CCN(S(=O)(=O)c2c(Cl)cccc2Cl)CC1. The van der Waals surface area contributed by atoms with Gasteiger partial charge in [-0.05, 0) is 24.4 Å². The number of benzene rings is 1. The molecule has 1 fully saturated rings. The maximum atomic E-state index is 12.8. The van der Waals surface area contributed by atoms with Crippen LogP contribution in [0.1, 0.15) is 0 Å². The van der Waals surface area contributed by atoms with Gasteiger partial charge in [0.05, 0.1) is 16.7 Å². The summed E-state index contributed by atoms with van der Waals surface area (Å²) in [6.45, 7) is 2.80. The lowest BCUT2D eigenvalue weighted by Crippen LogP contribution is -2.53. The highest BCUT2D eigenvalue weighted by Crippen LogP contribution is 2.31. The second-order valence-electron chi connectivity index (χ2n) is 5.17. The van der Waals surface area contributed by atoms with Gasteiger partial charge in [-0.15, -0.1) is 0 Å². The lowest BCUT2D eigenvalue weighted by Gasteiger charge is -2.35. The van der Waals surface area contributed by atoms with E-state index in [1.807, 2.05) is 4.90 Å². The number of halogens is 2. The van der Waals surface area contributed by atoms with Crippen LogP contribution in [-0.4, -0.2) is 69.2 Å². The zero-order valence-corrected chi connectivity index (χ0v) is 16.3. The summed E-state index contributed by atoms with van der Waals surface area (Å²) in [4.78, 5) is 1.90. The number of piperazine rings is 1. The quantitative estimate of drug-likeness (QED) is 0.588. The number of hydrogen-bond acceptors (Lipinski definition) is 4. The minimum absolute atomic E-state index is 0.0393. The van der Waals surface area contributed by atoms with Crippen molar-refractivity contribution in [1.82, 2.24) is 14.5 Å². The number of nitrogens with zero attached hydrogens (tertiary/aromatic N) is 2. The smallest absolute Gasteiger partial charge is 0.246 e. The topological polar surface area (TPSA) is 61.9 Å². The molecule has 1 aromatic rings. The van der Waals surface area contributed by atoms with Crippen LogP contribution in [0, 0.1) is 0 Å². The molecule has 2 rings (SSSR count). The maximum Gasteiger partial charge on any atom is 0.246 e. The number of rotatable bonds is 5. The monoisotopic (exact) mass is 411 g/mol. The molecule has 0 amide bonds. The molecule has 1 aliphatic heterocycles. The van der Waals surface area contributed by atoms with Gasteiger partial charge >= 0.3 is 0 Å². The van der Waals surface area contributed by atoms with E-state index in [1.54, 1.807) is 13.2 Å². The van der Waals surface area contributed by atoms with Crippen LogP contribution in [0.5, 0.6) is 0 Å². The molecule has 0 saturated carbocycles. The van der Waals surface area contributed by atoms with Gasteiger partial charge in [0.25, 0.3) is 0 Å². The van der Waals surface area contributed by atoms with Crippen LogP contribution in [0.4, 0.5) is 0 Å².